The van der Waals surface area contributed by atoms with Crippen LogP contribution in [0.15, 0.2) is 24.3 Å². The zero-order valence-corrected chi connectivity index (χ0v) is 10.6. The highest BCUT2D eigenvalue weighted by Gasteiger charge is 2.35. The SMILES string of the molecule is CC(C)N1CCC(CN)C1c1ccc(F)cc1. The van der Waals surface area contributed by atoms with Crippen LogP contribution in [0.25, 0.3) is 0 Å². The van der Waals surface area contributed by atoms with Gasteiger partial charge in [0.1, 0.15) is 5.82 Å². The Kier molecular flexibility index (Phi) is 3.79. The fourth-order valence-electron chi connectivity index (χ4n) is 2.83. The van der Waals surface area contributed by atoms with Crippen molar-refractivity contribution in [2.45, 2.75) is 32.4 Å². The third kappa shape index (κ3) is 2.50. The number of rotatable bonds is 3. The van der Waals surface area contributed by atoms with E-state index in [2.05, 4.69) is 18.7 Å². The summed E-state index contributed by atoms with van der Waals surface area (Å²) in [5.74, 6) is 0.315. The van der Waals surface area contributed by atoms with Gasteiger partial charge in [0.15, 0.2) is 0 Å². The molecule has 1 saturated heterocycles. The third-order valence-electron chi connectivity index (χ3n) is 3.74. The van der Waals surface area contributed by atoms with Gasteiger partial charge in [-0.15, -0.1) is 0 Å². The van der Waals surface area contributed by atoms with Crippen molar-refractivity contribution in [3.8, 4) is 0 Å². The fourth-order valence-corrected chi connectivity index (χ4v) is 2.83. The molecule has 1 heterocycles. The summed E-state index contributed by atoms with van der Waals surface area (Å²) in [7, 11) is 0. The molecule has 0 spiro atoms. The van der Waals surface area contributed by atoms with Gasteiger partial charge < -0.3 is 5.73 Å². The zero-order valence-electron chi connectivity index (χ0n) is 10.6. The third-order valence-corrected chi connectivity index (χ3v) is 3.74. The minimum absolute atomic E-state index is 0.174. The number of hydrogen-bond donors (Lipinski definition) is 1. The molecule has 0 aromatic heterocycles. The van der Waals surface area contributed by atoms with Crippen LogP contribution in [0.2, 0.25) is 0 Å². The topological polar surface area (TPSA) is 29.3 Å². The van der Waals surface area contributed by atoms with Crippen molar-refractivity contribution in [1.29, 1.82) is 0 Å². The molecule has 3 heteroatoms. The van der Waals surface area contributed by atoms with Gasteiger partial charge >= 0.3 is 0 Å². The van der Waals surface area contributed by atoms with E-state index in [0.29, 0.717) is 24.5 Å². The van der Waals surface area contributed by atoms with Gasteiger partial charge in [0.2, 0.25) is 0 Å². The molecule has 1 aromatic rings. The van der Waals surface area contributed by atoms with E-state index in [0.717, 1.165) is 13.0 Å². The Morgan fingerprint density at radius 1 is 1.35 bits per heavy atom. The van der Waals surface area contributed by atoms with Gasteiger partial charge in [-0.05, 0) is 57.0 Å². The van der Waals surface area contributed by atoms with Crippen molar-refractivity contribution in [2.75, 3.05) is 13.1 Å². The lowest BCUT2D eigenvalue weighted by molar-refractivity contribution is 0.184. The molecule has 17 heavy (non-hydrogen) atoms. The number of halogens is 1. The number of nitrogens with zero attached hydrogens (tertiary/aromatic N) is 1. The van der Waals surface area contributed by atoms with Crippen molar-refractivity contribution in [1.82, 2.24) is 4.90 Å². The molecule has 0 radical (unpaired) electrons. The Bertz CT molecular complexity index is 361. The first-order valence-electron chi connectivity index (χ1n) is 6.34. The normalized spacial score (nSPS) is 25.7. The van der Waals surface area contributed by atoms with Gasteiger partial charge in [-0.25, -0.2) is 4.39 Å². The summed E-state index contributed by atoms with van der Waals surface area (Å²) >= 11 is 0. The maximum atomic E-state index is 13.0. The van der Waals surface area contributed by atoms with Crippen LogP contribution in [0.1, 0.15) is 31.9 Å². The number of benzene rings is 1. The average molecular weight is 236 g/mol. The van der Waals surface area contributed by atoms with Crippen LogP contribution in [-0.4, -0.2) is 24.0 Å². The summed E-state index contributed by atoms with van der Waals surface area (Å²) in [4.78, 5) is 2.46. The zero-order chi connectivity index (χ0) is 12.4. The van der Waals surface area contributed by atoms with Crippen molar-refractivity contribution in [2.24, 2.45) is 11.7 Å². The average Bonchev–Trinajstić information content (AvgIpc) is 2.73. The van der Waals surface area contributed by atoms with Crippen molar-refractivity contribution in [3.63, 3.8) is 0 Å². The van der Waals surface area contributed by atoms with Crippen LogP contribution in [0.4, 0.5) is 4.39 Å². The van der Waals surface area contributed by atoms with Gasteiger partial charge in [0.25, 0.3) is 0 Å². The minimum Gasteiger partial charge on any atom is -0.330 e. The number of nitrogens with two attached hydrogens (primary N) is 1. The van der Waals surface area contributed by atoms with E-state index >= 15 is 0 Å². The maximum Gasteiger partial charge on any atom is 0.123 e. The van der Waals surface area contributed by atoms with Crippen LogP contribution >= 0.6 is 0 Å². The van der Waals surface area contributed by atoms with E-state index in [9.17, 15) is 4.39 Å². The fraction of sp³-hybridized carbons (Fsp3) is 0.571. The molecule has 2 nitrogen and oxygen atoms in total. The molecular weight excluding hydrogens is 215 g/mol. The van der Waals surface area contributed by atoms with E-state index < -0.39 is 0 Å². The maximum absolute atomic E-state index is 13.0. The molecular formula is C14H21FN2. The Morgan fingerprint density at radius 2 is 2.00 bits per heavy atom. The standard InChI is InChI=1S/C14H21FN2/c1-10(2)17-8-7-12(9-16)14(17)11-3-5-13(15)6-4-11/h3-6,10,12,14H,7-9,16H2,1-2H3. The monoisotopic (exact) mass is 236 g/mol. The van der Waals surface area contributed by atoms with Gasteiger partial charge in [-0.1, -0.05) is 12.1 Å². The molecule has 0 bridgehead atoms. The molecule has 0 saturated carbocycles. The summed E-state index contributed by atoms with van der Waals surface area (Å²) in [6.07, 6.45) is 1.14. The van der Waals surface area contributed by atoms with E-state index in [-0.39, 0.29) is 5.82 Å². The van der Waals surface area contributed by atoms with Crippen molar-refractivity contribution in [3.05, 3.63) is 35.6 Å². The van der Waals surface area contributed by atoms with Crippen LogP contribution in [0, 0.1) is 11.7 Å². The van der Waals surface area contributed by atoms with Gasteiger partial charge in [0.05, 0.1) is 0 Å². The van der Waals surface area contributed by atoms with Crippen LogP contribution in [0.5, 0.6) is 0 Å². The molecule has 1 aliphatic heterocycles. The highest BCUT2D eigenvalue weighted by Crippen LogP contribution is 2.37. The van der Waals surface area contributed by atoms with E-state index in [1.54, 1.807) is 12.1 Å². The first kappa shape index (κ1) is 12.5. The van der Waals surface area contributed by atoms with Gasteiger partial charge in [-0.3, -0.25) is 4.90 Å². The van der Waals surface area contributed by atoms with Gasteiger partial charge in [0, 0.05) is 12.1 Å². The first-order chi connectivity index (χ1) is 8.13. The van der Waals surface area contributed by atoms with Crippen LogP contribution < -0.4 is 5.73 Å². The van der Waals surface area contributed by atoms with E-state index in [4.69, 9.17) is 5.73 Å². The molecule has 0 aliphatic carbocycles. The molecule has 2 rings (SSSR count). The predicted octanol–water partition coefficient (Wildman–Crippen LogP) is 2.56. The Morgan fingerprint density at radius 3 is 2.53 bits per heavy atom. The summed E-state index contributed by atoms with van der Waals surface area (Å²) in [5, 5.41) is 0. The second-order valence-corrected chi connectivity index (χ2v) is 5.11. The summed E-state index contributed by atoms with van der Waals surface area (Å²) in [6, 6.07) is 7.72. The molecule has 0 amide bonds. The molecule has 1 fully saturated rings. The quantitative estimate of drug-likeness (QED) is 0.874. The highest BCUT2D eigenvalue weighted by molar-refractivity contribution is 5.22. The Hall–Kier alpha value is -0.930. The number of hydrogen-bond acceptors (Lipinski definition) is 2. The molecule has 2 unspecified atom stereocenters. The van der Waals surface area contributed by atoms with Crippen molar-refractivity contribution >= 4 is 0 Å². The lowest BCUT2D eigenvalue weighted by Gasteiger charge is -2.31. The largest absolute Gasteiger partial charge is 0.330 e. The second kappa shape index (κ2) is 5.15. The Balaban J connectivity index is 2.27. The molecule has 2 atom stereocenters. The lowest BCUT2D eigenvalue weighted by Crippen LogP contribution is -2.33. The summed E-state index contributed by atoms with van der Waals surface area (Å²) < 4.78 is 13.0. The van der Waals surface area contributed by atoms with E-state index in [1.807, 2.05) is 12.1 Å². The van der Waals surface area contributed by atoms with Crippen molar-refractivity contribution < 1.29 is 4.39 Å². The molecule has 1 aliphatic rings. The number of likely N-dealkylation sites (tertiary alicyclic amines) is 1. The van der Waals surface area contributed by atoms with E-state index in [1.165, 1.54) is 5.56 Å². The van der Waals surface area contributed by atoms with Gasteiger partial charge in [-0.2, -0.15) is 0 Å². The second-order valence-electron chi connectivity index (χ2n) is 5.11. The summed E-state index contributed by atoms with van der Waals surface area (Å²) in [6.45, 7) is 6.19. The molecule has 2 N–H and O–H groups in total. The predicted molar refractivity (Wildman–Crippen MR) is 68.1 cm³/mol. The minimum atomic E-state index is -0.174. The smallest absolute Gasteiger partial charge is 0.123 e. The van der Waals surface area contributed by atoms with Crippen LogP contribution in [0.3, 0.4) is 0 Å². The molecule has 94 valence electrons. The molecule has 1 aromatic carbocycles. The van der Waals surface area contributed by atoms with Crippen LogP contribution in [-0.2, 0) is 0 Å². The Labute approximate surface area is 103 Å². The summed E-state index contributed by atoms with van der Waals surface area (Å²) in [5.41, 5.74) is 7.04. The lowest BCUT2D eigenvalue weighted by atomic mass is 9.93. The highest BCUT2D eigenvalue weighted by atomic mass is 19.1. The first-order valence-corrected chi connectivity index (χ1v) is 6.34.